The van der Waals surface area contributed by atoms with Gasteiger partial charge >= 0.3 is 41.5 Å². The van der Waals surface area contributed by atoms with Gasteiger partial charge in [0.25, 0.3) is 7.82 Å². The van der Waals surface area contributed by atoms with Crippen molar-refractivity contribution < 1.29 is 77.3 Å². The topological polar surface area (TPSA) is 152 Å². The molecule has 0 rings (SSSR count). The van der Waals surface area contributed by atoms with Crippen LogP contribution in [0.2, 0.25) is 0 Å². The van der Waals surface area contributed by atoms with Crippen molar-refractivity contribution in [1.29, 1.82) is 0 Å². The van der Waals surface area contributed by atoms with Crippen molar-refractivity contribution in [3.63, 3.8) is 0 Å². The predicted octanol–water partition coefficient (Wildman–Crippen LogP) is 6.82. The van der Waals surface area contributed by atoms with Crippen LogP contribution in [0.15, 0.2) is 12.2 Å². The van der Waals surface area contributed by atoms with Gasteiger partial charge in [0.1, 0.15) is 12.7 Å². The van der Waals surface area contributed by atoms with Crippen LogP contribution in [0.25, 0.3) is 0 Å². The zero-order valence-electron chi connectivity index (χ0n) is 33.5. The van der Waals surface area contributed by atoms with Crippen molar-refractivity contribution >= 4 is 19.8 Å². The molecule has 0 saturated carbocycles. The minimum atomic E-state index is -4.86. The molecule has 302 valence electrons. The number of rotatable bonds is 39. The molecule has 0 bridgehead atoms. The maximum atomic E-state index is 12.6. The Morgan fingerprint density at radius 2 is 0.981 bits per heavy atom. The SMILES string of the molecule is CCCCCCCC/C=C\CCCCCCCC(=O)O[C@H](COC(=O)CCCCCCCCCCCCCCC)COP(=O)([O-])OC[C@H](O)CO.[Na+]. The van der Waals surface area contributed by atoms with Gasteiger partial charge in [-0.25, -0.2) is 0 Å². The van der Waals surface area contributed by atoms with E-state index in [1.807, 2.05) is 0 Å². The van der Waals surface area contributed by atoms with E-state index in [9.17, 15) is 24.2 Å². The summed E-state index contributed by atoms with van der Waals surface area (Å²) >= 11 is 0. The summed E-state index contributed by atoms with van der Waals surface area (Å²) in [4.78, 5) is 37.0. The van der Waals surface area contributed by atoms with Crippen molar-refractivity contribution in [1.82, 2.24) is 0 Å². The first-order chi connectivity index (χ1) is 24.7. The number of phosphoric ester groups is 1. The Morgan fingerprint density at radius 1 is 0.596 bits per heavy atom. The minimum absolute atomic E-state index is 0. The summed E-state index contributed by atoms with van der Waals surface area (Å²) in [6, 6.07) is 0. The van der Waals surface area contributed by atoms with Crippen LogP contribution in [-0.2, 0) is 32.7 Å². The maximum Gasteiger partial charge on any atom is 1.00 e. The van der Waals surface area contributed by atoms with E-state index in [2.05, 4.69) is 30.5 Å². The van der Waals surface area contributed by atoms with Gasteiger partial charge in [-0.2, -0.15) is 0 Å². The molecule has 0 radical (unpaired) electrons. The molecule has 0 aromatic carbocycles. The Kier molecular flexibility index (Phi) is 41.8. The average Bonchev–Trinajstić information content (AvgIpc) is 3.12. The van der Waals surface area contributed by atoms with Crippen molar-refractivity contribution in [3.8, 4) is 0 Å². The zero-order valence-corrected chi connectivity index (χ0v) is 36.4. The summed E-state index contributed by atoms with van der Waals surface area (Å²) in [5, 5.41) is 18.2. The fourth-order valence-corrected chi connectivity index (χ4v) is 6.47. The van der Waals surface area contributed by atoms with Crippen molar-refractivity contribution in [2.75, 3.05) is 26.4 Å². The number of phosphoric acid groups is 1. The van der Waals surface area contributed by atoms with Gasteiger partial charge in [0.15, 0.2) is 6.10 Å². The first kappa shape index (κ1) is 53.8. The van der Waals surface area contributed by atoms with E-state index in [1.165, 1.54) is 96.3 Å². The number of hydrogen-bond acceptors (Lipinski definition) is 10. The molecule has 0 aliphatic rings. The predicted molar refractivity (Wildman–Crippen MR) is 203 cm³/mol. The molecule has 10 nitrogen and oxygen atoms in total. The van der Waals surface area contributed by atoms with E-state index in [-0.39, 0.29) is 49.0 Å². The molecule has 0 aromatic heterocycles. The Morgan fingerprint density at radius 3 is 1.42 bits per heavy atom. The third-order valence-corrected chi connectivity index (χ3v) is 9.84. The number of ether oxygens (including phenoxy) is 2. The van der Waals surface area contributed by atoms with Gasteiger partial charge in [0, 0.05) is 12.8 Å². The first-order valence-electron chi connectivity index (χ1n) is 20.6. The van der Waals surface area contributed by atoms with Crippen LogP contribution < -0.4 is 34.5 Å². The fraction of sp³-hybridized carbons (Fsp3) is 0.900. The van der Waals surface area contributed by atoms with Gasteiger partial charge in [0.2, 0.25) is 0 Å². The molecule has 0 aliphatic carbocycles. The van der Waals surface area contributed by atoms with E-state index in [1.54, 1.807) is 0 Å². The van der Waals surface area contributed by atoms with E-state index in [0.29, 0.717) is 12.8 Å². The Hall–Kier alpha value is -0.290. The number of aliphatic hydroxyl groups is 2. The molecule has 0 aromatic rings. The second-order valence-electron chi connectivity index (χ2n) is 14.0. The number of esters is 2. The molecule has 3 atom stereocenters. The molecule has 2 N–H and O–H groups in total. The summed E-state index contributed by atoms with van der Waals surface area (Å²) in [7, 11) is -4.86. The molecule has 0 aliphatic heterocycles. The molecule has 0 saturated heterocycles. The number of hydrogen-bond donors (Lipinski definition) is 2. The van der Waals surface area contributed by atoms with Crippen molar-refractivity contribution in [3.05, 3.63) is 12.2 Å². The fourth-order valence-electron chi connectivity index (χ4n) is 5.69. The molecular formula is C40H76NaO10P. The van der Waals surface area contributed by atoms with E-state index in [4.69, 9.17) is 19.1 Å². The van der Waals surface area contributed by atoms with Crippen molar-refractivity contribution in [2.24, 2.45) is 0 Å². The van der Waals surface area contributed by atoms with Crippen molar-refractivity contribution in [2.45, 2.75) is 206 Å². The van der Waals surface area contributed by atoms with E-state index in [0.717, 1.165) is 57.8 Å². The molecule has 0 heterocycles. The third-order valence-electron chi connectivity index (χ3n) is 8.91. The van der Waals surface area contributed by atoms with Crippen LogP contribution in [0, 0.1) is 0 Å². The summed E-state index contributed by atoms with van der Waals surface area (Å²) in [5.41, 5.74) is 0. The smallest absolute Gasteiger partial charge is 0.756 e. The standard InChI is InChI=1S/C40H77O10P.Na/c1-3-5-7-9-11-13-15-17-18-20-22-24-26-28-30-32-40(44)50-38(36-49-51(45,46)48-34-37(42)33-41)35-47-39(43)31-29-27-25-23-21-19-16-14-12-10-8-6-4-2;/h17-18,37-38,41-42H,3-16,19-36H2,1-2H3,(H,45,46);/q;+1/p-1/b18-17-;/t37-,38-;/m1./s1. The van der Waals surface area contributed by atoms with Gasteiger partial charge < -0.3 is 33.6 Å². The Balaban J connectivity index is 0. The molecule has 0 fully saturated rings. The zero-order chi connectivity index (χ0) is 37.7. The normalized spacial score (nSPS) is 13.8. The van der Waals surface area contributed by atoms with Gasteiger partial charge in [-0.1, -0.05) is 154 Å². The number of allylic oxidation sites excluding steroid dienone is 2. The Labute approximate surface area is 339 Å². The molecule has 12 heteroatoms. The number of unbranched alkanes of at least 4 members (excludes halogenated alkanes) is 23. The van der Waals surface area contributed by atoms with Crippen LogP contribution in [-0.4, -0.2) is 60.8 Å². The second kappa shape index (κ2) is 40.4. The average molecular weight is 771 g/mol. The number of aliphatic hydroxyl groups excluding tert-OH is 2. The van der Waals surface area contributed by atoms with E-state index >= 15 is 0 Å². The minimum Gasteiger partial charge on any atom is -0.756 e. The van der Waals surface area contributed by atoms with Crippen LogP contribution in [0.1, 0.15) is 194 Å². The first-order valence-corrected chi connectivity index (χ1v) is 22.1. The molecule has 52 heavy (non-hydrogen) atoms. The summed E-state index contributed by atoms with van der Waals surface area (Å²) in [6.07, 6.45) is 32.9. The number of carbonyl (C=O) groups excluding carboxylic acids is 2. The molecule has 0 amide bonds. The monoisotopic (exact) mass is 771 g/mol. The van der Waals surface area contributed by atoms with Gasteiger partial charge in [0.05, 0.1) is 19.8 Å². The van der Waals surface area contributed by atoms with Crippen LogP contribution in [0.5, 0.6) is 0 Å². The third kappa shape index (κ3) is 39.4. The number of carbonyl (C=O) groups is 2. The molecule has 1 unspecified atom stereocenters. The second-order valence-corrected chi connectivity index (χ2v) is 15.4. The maximum absolute atomic E-state index is 12.6. The molecule has 0 spiro atoms. The quantitative estimate of drug-likeness (QED) is 0.0224. The summed E-state index contributed by atoms with van der Waals surface area (Å²) in [6.45, 7) is 2.19. The van der Waals surface area contributed by atoms with Crippen LogP contribution in [0.4, 0.5) is 0 Å². The van der Waals surface area contributed by atoms with Crippen LogP contribution >= 0.6 is 7.82 Å². The Bertz CT molecular complexity index is 875. The largest absolute Gasteiger partial charge is 1.00 e. The summed E-state index contributed by atoms with van der Waals surface area (Å²) in [5.74, 6) is -0.963. The van der Waals surface area contributed by atoms with Gasteiger partial charge in [-0.3, -0.25) is 14.2 Å². The van der Waals surface area contributed by atoms with Gasteiger partial charge in [-0.05, 0) is 38.5 Å². The molecular weight excluding hydrogens is 694 g/mol. The summed E-state index contributed by atoms with van der Waals surface area (Å²) < 4.78 is 32.3. The van der Waals surface area contributed by atoms with E-state index < -0.39 is 51.8 Å². The van der Waals surface area contributed by atoms with Crippen LogP contribution in [0.3, 0.4) is 0 Å². The van der Waals surface area contributed by atoms with Gasteiger partial charge in [-0.15, -0.1) is 0 Å².